The van der Waals surface area contributed by atoms with E-state index in [1.165, 1.54) is 6.26 Å². The second kappa shape index (κ2) is 9.33. The summed E-state index contributed by atoms with van der Waals surface area (Å²) in [6.45, 7) is 2.62. The van der Waals surface area contributed by atoms with Gasteiger partial charge in [-0.15, -0.1) is 0 Å². The normalized spacial score (nSPS) is 17.8. The summed E-state index contributed by atoms with van der Waals surface area (Å²) >= 11 is 0. The smallest absolute Gasteiger partial charge is 0.232 e. The molecule has 1 saturated heterocycles. The Hall–Kier alpha value is -2.50. The fourth-order valence-electron chi connectivity index (χ4n) is 3.36. The number of nitrogens with zero attached hydrogens (tertiary/aromatic N) is 4. The number of aromatic nitrogens is 3. The number of piperidine rings is 1. The summed E-state index contributed by atoms with van der Waals surface area (Å²) in [5, 5.41) is 3.13. The lowest BCUT2D eigenvalue weighted by Crippen LogP contribution is -2.40. The number of benzene rings is 1. The molecule has 0 spiro atoms. The maximum Gasteiger partial charge on any atom is 0.232 e. The van der Waals surface area contributed by atoms with E-state index < -0.39 is 10.0 Å². The molecule has 1 aromatic heterocycles. The molecule has 0 saturated carbocycles. The Bertz CT molecular complexity index is 939. The molecule has 0 aliphatic carbocycles. The summed E-state index contributed by atoms with van der Waals surface area (Å²) in [7, 11) is -1.59. The van der Waals surface area contributed by atoms with E-state index in [1.807, 2.05) is 24.3 Å². The molecule has 0 radical (unpaired) electrons. The largest absolute Gasteiger partial charge is 0.495 e. The number of likely N-dealkylation sites (tertiary alicyclic amines) is 1. The van der Waals surface area contributed by atoms with Crippen molar-refractivity contribution in [2.75, 3.05) is 44.1 Å². The van der Waals surface area contributed by atoms with E-state index in [4.69, 9.17) is 10.5 Å². The Kier molecular flexibility index (Phi) is 6.83. The number of nitrogens with two attached hydrogens (primary N) is 1. The van der Waals surface area contributed by atoms with Crippen molar-refractivity contribution in [2.24, 2.45) is 5.92 Å². The van der Waals surface area contributed by atoms with Gasteiger partial charge in [-0.1, -0.05) is 12.1 Å². The molecule has 3 rings (SSSR count). The molecule has 1 aromatic carbocycles. The minimum Gasteiger partial charge on any atom is -0.495 e. The molecular formula is C18H27N7O3S. The molecule has 29 heavy (non-hydrogen) atoms. The number of para-hydroxylation sites is 2. The number of methoxy groups -OCH3 is 1. The van der Waals surface area contributed by atoms with E-state index in [9.17, 15) is 8.42 Å². The van der Waals surface area contributed by atoms with Gasteiger partial charge in [0.15, 0.2) is 0 Å². The third-order valence-corrected chi connectivity index (χ3v) is 5.35. The van der Waals surface area contributed by atoms with Gasteiger partial charge in [-0.3, -0.25) is 4.90 Å². The number of hydrogen-bond donors (Lipinski definition) is 3. The van der Waals surface area contributed by atoms with Gasteiger partial charge in [0.25, 0.3) is 0 Å². The van der Waals surface area contributed by atoms with Crippen LogP contribution in [0.5, 0.6) is 5.75 Å². The van der Waals surface area contributed by atoms with E-state index in [2.05, 4.69) is 29.9 Å². The molecule has 1 atom stereocenters. The highest BCUT2D eigenvalue weighted by Crippen LogP contribution is 2.26. The Balaban J connectivity index is 1.66. The summed E-state index contributed by atoms with van der Waals surface area (Å²) < 4.78 is 30.6. The van der Waals surface area contributed by atoms with Crippen LogP contribution in [-0.2, 0) is 16.6 Å². The van der Waals surface area contributed by atoms with Crippen LogP contribution in [0.4, 0.5) is 17.6 Å². The Labute approximate surface area is 170 Å². The first-order valence-corrected chi connectivity index (χ1v) is 11.3. The summed E-state index contributed by atoms with van der Waals surface area (Å²) in [6.07, 6.45) is 3.15. The number of nitrogen functional groups attached to an aromatic ring is 1. The Morgan fingerprint density at radius 2 is 2.07 bits per heavy atom. The number of hydrogen-bond acceptors (Lipinski definition) is 9. The number of sulfonamides is 1. The number of anilines is 3. The first-order valence-electron chi connectivity index (χ1n) is 9.40. The van der Waals surface area contributed by atoms with Gasteiger partial charge in [-0.05, 0) is 37.4 Å². The lowest BCUT2D eigenvalue weighted by atomic mass is 9.98. The zero-order valence-corrected chi connectivity index (χ0v) is 17.4. The van der Waals surface area contributed by atoms with Gasteiger partial charge in [0.1, 0.15) is 11.6 Å². The molecule has 2 aromatic rings. The topological polar surface area (TPSA) is 135 Å². The van der Waals surface area contributed by atoms with Gasteiger partial charge in [0.2, 0.25) is 21.9 Å². The highest BCUT2D eigenvalue weighted by molar-refractivity contribution is 7.88. The third-order valence-electron chi connectivity index (χ3n) is 4.65. The summed E-state index contributed by atoms with van der Waals surface area (Å²) in [5.41, 5.74) is 6.62. The fraction of sp³-hybridized carbons (Fsp3) is 0.500. The zero-order chi connectivity index (χ0) is 20.9. The van der Waals surface area contributed by atoms with Crippen LogP contribution in [0, 0.1) is 5.92 Å². The van der Waals surface area contributed by atoms with Crippen molar-refractivity contribution in [2.45, 2.75) is 19.4 Å². The van der Waals surface area contributed by atoms with Crippen LogP contribution in [0.1, 0.15) is 18.7 Å². The second-order valence-electron chi connectivity index (χ2n) is 7.12. The van der Waals surface area contributed by atoms with Gasteiger partial charge in [0, 0.05) is 13.1 Å². The Morgan fingerprint density at radius 3 is 2.83 bits per heavy atom. The lowest BCUT2D eigenvalue weighted by molar-refractivity contribution is 0.165. The van der Waals surface area contributed by atoms with Gasteiger partial charge in [0.05, 0.1) is 25.6 Å². The molecule has 1 aliphatic rings. The number of rotatable bonds is 8. The van der Waals surface area contributed by atoms with Crippen LogP contribution >= 0.6 is 0 Å². The van der Waals surface area contributed by atoms with Crippen LogP contribution in [0.15, 0.2) is 24.3 Å². The summed E-state index contributed by atoms with van der Waals surface area (Å²) in [4.78, 5) is 15.1. The molecule has 0 bridgehead atoms. The fourth-order valence-corrected chi connectivity index (χ4v) is 3.90. The van der Waals surface area contributed by atoms with Crippen molar-refractivity contribution < 1.29 is 13.2 Å². The van der Waals surface area contributed by atoms with Gasteiger partial charge < -0.3 is 15.8 Å². The van der Waals surface area contributed by atoms with Crippen molar-refractivity contribution in [3.63, 3.8) is 0 Å². The van der Waals surface area contributed by atoms with Crippen molar-refractivity contribution in [1.29, 1.82) is 0 Å². The van der Waals surface area contributed by atoms with E-state index in [-0.39, 0.29) is 11.9 Å². The van der Waals surface area contributed by atoms with Crippen molar-refractivity contribution in [3.05, 3.63) is 30.1 Å². The Morgan fingerprint density at radius 1 is 1.28 bits per heavy atom. The standard InChI is InChI=1S/C18H27N7O3S/c1-28-15-8-4-3-7-14(15)21-18-23-16(22-17(19)24-18)12-25-9-5-6-13(11-25)10-20-29(2,26)27/h3-4,7-8,13,20H,5-6,9-12H2,1-2H3,(H3,19,21,22,23,24). The molecule has 2 heterocycles. The van der Waals surface area contributed by atoms with E-state index in [0.717, 1.165) is 31.6 Å². The quantitative estimate of drug-likeness (QED) is 0.569. The maximum atomic E-state index is 11.3. The molecular weight excluding hydrogens is 394 g/mol. The molecule has 1 aliphatic heterocycles. The van der Waals surface area contributed by atoms with Gasteiger partial charge in [-0.2, -0.15) is 15.0 Å². The molecule has 1 fully saturated rings. The maximum absolute atomic E-state index is 11.3. The minimum atomic E-state index is -3.18. The van der Waals surface area contributed by atoms with Crippen LogP contribution in [-0.4, -0.2) is 61.3 Å². The van der Waals surface area contributed by atoms with Crippen LogP contribution in [0.3, 0.4) is 0 Å². The first kappa shape index (κ1) is 21.2. The monoisotopic (exact) mass is 421 g/mol. The van der Waals surface area contributed by atoms with Crippen molar-refractivity contribution >= 4 is 27.6 Å². The van der Waals surface area contributed by atoms with Gasteiger partial charge in [-0.25, -0.2) is 13.1 Å². The summed E-state index contributed by atoms with van der Waals surface area (Å²) in [6, 6.07) is 7.46. The number of nitrogens with one attached hydrogen (secondary N) is 2. The molecule has 0 amide bonds. The number of ether oxygens (including phenoxy) is 1. The molecule has 4 N–H and O–H groups in total. The van der Waals surface area contributed by atoms with E-state index >= 15 is 0 Å². The first-order chi connectivity index (χ1) is 13.8. The molecule has 11 heteroatoms. The van der Waals surface area contributed by atoms with Crippen molar-refractivity contribution in [1.82, 2.24) is 24.6 Å². The zero-order valence-electron chi connectivity index (χ0n) is 16.6. The predicted molar refractivity (Wildman–Crippen MR) is 111 cm³/mol. The van der Waals surface area contributed by atoms with Crippen LogP contribution in [0.2, 0.25) is 0 Å². The molecule has 10 nitrogen and oxygen atoms in total. The molecule has 1 unspecified atom stereocenters. The highest BCUT2D eigenvalue weighted by atomic mass is 32.2. The third kappa shape index (κ3) is 6.51. The SMILES string of the molecule is COc1ccccc1Nc1nc(N)nc(CN2CCCC(CNS(C)(=O)=O)C2)n1. The average molecular weight is 422 g/mol. The summed E-state index contributed by atoms with van der Waals surface area (Å²) in [5.74, 6) is 1.98. The van der Waals surface area contributed by atoms with Gasteiger partial charge >= 0.3 is 0 Å². The molecule has 158 valence electrons. The van der Waals surface area contributed by atoms with Crippen molar-refractivity contribution in [3.8, 4) is 5.75 Å². The lowest BCUT2D eigenvalue weighted by Gasteiger charge is -2.32. The minimum absolute atomic E-state index is 0.139. The van der Waals surface area contributed by atoms with E-state index in [0.29, 0.717) is 30.6 Å². The average Bonchev–Trinajstić information content (AvgIpc) is 2.66. The van der Waals surface area contributed by atoms with E-state index in [1.54, 1.807) is 7.11 Å². The predicted octanol–water partition coefficient (Wildman–Crippen LogP) is 0.967. The second-order valence-corrected chi connectivity index (χ2v) is 8.96. The highest BCUT2D eigenvalue weighted by Gasteiger charge is 2.22. The van der Waals surface area contributed by atoms with Crippen LogP contribution < -0.4 is 20.5 Å². The van der Waals surface area contributed by atoms with Crippen LogP contribution in [0.25, 0.3) is 0 Å².